The number of hydrogen-bond acceptors (Lipinski definition) is 3. The van der Waals surface area contributed by atoms with E-state index >= 15 is 0 Å². The van der Waals surface area contributed by atoms with Gasteiger partial charge in [-0.2, -0.15) is 0 Å². The number of hydrogen-bond donors (Lipinski definition) is 2. The van der Waals surface area contributed by atoms with Crippen LogP contribution in [-0.2, 0) is 4.79 Å². The van der Waals surface area contributed by atoms with Crippen molar-refractivity contribution in [3.63, 3.8) is 0 Å². The Hall–Kier alpha value is -2.43. The van der Waals surface area contributed by atoms with E-state index in [9.17, 15) is 9.59 Å². The SMILES string of the molecule is O=C(O)CC(=O)c1ccccc1.c1c[nH]cn1. The minimum Gasteiger partial charge on any atom is -0.481 e. The van der Waals surface area contributed by atoms with E-state index in [1.165, 1.54) is 0 Å². The van der Waals surface area contributed by atoms with E-state index in [-0.39, 0.29) is 5.78 Å². The van der Waals surface area contributed by atoms with Crippen LogP contribution in [0.15, 0.2) is 49.1 Å². The normalized spacial score (nSPS) is 8.94. The summed E-state index contributed by atoms with van der Waals surface area (Å²) in [7, 11) is 0. The average molecular weight is 232 g/mol. The van der Waals surface area contributed by atoms with Gasteiger partial charge in [0.15, 0.2) is 5.78 Å². The quantitative estimate of drug-likeness (QED) is 0.623. The Morgan fingerprint density at radius 3 is 2.35 bits per heavy atom. The number of H-pyrrole nitrogens is 1. The lowest BCUT2D eigenvalue weighted by Gasteiger charge is -1.95. The Kier molecular flexibility index (Phi) is 5.16. The minimum absolute atomic E-state index is 0.358. The molecule has 1 aromatic heterocycles. The largest absolute Gasteiger partial charge is 0.481 e. The number of nitrogens with zero attached hydrogens (tertiary/aromatic N) is 1. The Morgan fingerprint density at radius 2 is 1.94 bits per heavy atom. The Labute approximate surface area is 98.1 Å². The molecule has 0 saturated carbocycles. The molecule has 0 saturated heterocycles. The van der Waals surface area contributed by atoms with Gasteiger partial charge in [0.2, 0.25) is 0 Å². The molecule has 0 spiro atoms. The number of benzene rings is 1. The van der Waals surface area contributed by atoms with Gasteiger partial charge in [-0.05, 0) is 0 Å². The van der Waals surface area contributed by atoms with Gasteiger partial charge in [-0.3, -0.25) is 9.59 Å². The molecule has 0 aliphatic rings. The first-order valence-corrected chi connectivity index (χ1v) is 4.93. The fourth-order valence-corrected chi connectivity index (χ4v) is 1.08. The van der Waals surface area contributed by atoms with Crippen molar-refractivity contribution < 1.29 is 14.7 Å². The number of aromatic nitrogens is 2. The first-order valence-electron chi connectivity index (χ1n) is 4.93. The summed E-state index contributed by atoms with van der Waals surface area (Å²) >= 11 is 0. The van der Waals surface area contributed by atoms with Crippen molar-refractivity contribution in [3.8, 4) is 0 Å². The van der Waals surface area contributed by atoms with Gasteiger partial charge in [-0.15, -0.1) is 0 Å². The zero-order valence-electron chi connectivity index (χ0n) is 9.04. The van der Waals surface area contributed by atoms with Crippen LogP contribution < -0.4 is 0 Å². The van der Waals surface area contributed by atoms with Crippen molar-refractivity contribution in [1.29, 1.82) is 0 Å². The molecule has 0 amide bonds. The highest BCUT2D eigenvalue weighted by molar-refractivity contribution is 6.05. The number of carbonyl (C=O) groups is 2. The summed E-state index contributed by atoms with van der Waals surface area (Å²) in [5.74, 6) is -1.45. The van der Waals surface area contributed by atoms with E-state index in [0.29, 0.717) is 5.56 Å². The van der Waals surface area contributed by atoms with Crippen molar-refractivity contribution in [2.24, 2.45) is 0 Å². The number of carbonyl (C=O) groups excluding carboxylic acids is 1. The lowest BCUT2D eigenvalue weighted by atomic mass is 10.1. The summed E-state index contributed by atoms with van der Waals surface area (Å²) in [6.45, 7) is 0. The van der Waals surface area contributed by atoms with Crippen LogP contribution in [0.1, 0.15) is 16.8 Å². The van der Waals surface area contributed by atoms with Crippen molar-refractivity contribution in [3.05, 3.63) is 54.6 Å². The van der Waals surface area contributed by atoms with Crippen molar-refractivity contribution >= 4 is 11.8 Å². The summed E-state index contributed by atoms with van der Waals surface area (Å²) < 4.78 is 0. The molecule has 0 aliphatic heterocycles. The molecule has 0 aliphatic carbocycles. The second kappa shape index (κ2) is 6.95. The van der Waals surface area contributed by atoms with Crippen molar-refractivity contribution in [2.75, 3.05) is 0 Å². The molecule has 5 nitrogen and oxygen atoms in total. The summed E-state index contributed by atoms with van der Waals surface area (Å²) in [5, 5.41) is 8.32. The van der Waals surface area contributed by atoms with E-state index in [4.69, 9.17) is 5.11 Å². The number of ketones is 1. The fourth-order valence-electron chi connectivity index (χ4n) is 1.08. The molecule has 2 aromatic rings. The second-order valence-electron chi connectivity index (χ2n) is 3.12. The molecule has 0 fully saturated rings. The number of nitrogens with one attached hydrogen (secondary N) is 1. The molecule has 0 radical (unpaired) electrons. The van der Waals surface area contributed by atoms with Gasteiger partial charge in [0.1, 0.15) is 6.42 Å². The van der Waals surface area contributed by atoms with Gasteiger partial charge in [0.05, 0.1) is 6.33 Å². The van der Waals surface area contributed by atoms with Crippen LogP contribution in [0.25, 0.3) is 0 Å². The topological polar surface area (TPSA) is 83.0 Å². The van der Waals surface area contributed by atoms with Crippen molar-refractivity contribution in [1.82, 2.24) is 9.97 Å². The number of imidazole rings is 1. The lowest BCUT2D eigenvalue weighted by molar-refractivity contribution is -0.135. The van der Waals surface area contributed by atoms with Crippen LogP contribution in [0.3, 0.4) is 0 Å². The van der Waals surface area contributed by atoms with Gasteiger partial charge >= 0.3 is 5.97 Å². The van der Waals surface area contributed by atoms with Gasteiger partial charge in [0, 0.05) is 18.0 Å². The average Bonchev–Trinajstić information content (AvgIpc) is 2.88. The third kappa shape index (κ3) is 5.27. The standard InChI is InChI=1S/C9H8O3.C3H4N2/c10-8(6-9(11)12)7-4-2-1-3-5-7;1-2-5-3-4-1/h1-5H,6H2,(H,11,12);1-3H,(H,4,5). The van der Waals surface area contributed by atoms with E-state index < -0.39 is 12.4 Å². The smallest absolute Gasteiger partial charge is 0.311 e. The number of aromatic amines is 1. The van der Waals surface area contributed by atoms with Gasteiger partial charge in [-0.1, -0.05) is 30.3 Å². The second-order valence-corrected chi connectivity index (χ2v) is 3.12. The molecule has 88 valence electrons. The molecule has 2 rings (SSSR count). The molecule has 17 heavy (non-hydrogen) atoms. The fraction of sp³-hybridized carbons (Fsp3) is 0.0833. The van der Waals surface area contributed by atoms with Gasteiger partial charge < -0.3 is 10.1 Å². The van der Waals surface area contributed by atoms with E-state index in [1.807, 2.05) is 0 Å². The minimum atomic E-state index is -1.09. The highest BCUT2D eigenvalue weighted by Crippen LogP contribution is 2.02. The molecule has 0 bridgehead atoms. The monoisotopic (exact) mass is 232 g/mol. The number of aliphatic carboxylic acids is 1. The summed E-state index contributed by atoms with van der Waals surface area (Å²) in [6.07, 6.45) is 4.64. The lowest BCUT2D eigenvalue weighted by Crippen LogP contribution is -2.06. The molecular formula is C12H12N2O3. The zero-order valence-corrected chi connectivity index (χ0v) is 9.04. The van der Waals surface area contributed by atoms with E-state index in [0.717, 1.165) is 0 Å². The van der Waals surface area contributed by atoms with Crippen molar-refractivity contribution in [2.45, 2.75) is 6.42 Å². The number of carboxylic acids is 1. The molecule has 5 heteroatoms. The van der Waals surface area contributed by atoms with Gasteiger partial charge in [-0.25, -0.2) is 4.98 Å². The molecule has 1 heterocycles. The molecule has 0 unspecified atom stereocenters. The summed E-state index contributed by atoms with van der Waals surface area (Å²) in [5.41, 5.74) is 0.444. The first-order chi connectivity index (χ1) is 8.20. The van der Waals surface area contributed by atoms with Crippen LogP contribution in [0.5, 0.6) is 0 Å². The maximum Gasteiger partial charge on any atom is 0.311 e. The first kappa shape index (κ1) is 12.6. The van der Waals surface area contributed by atoms with Crippen LogP contribution in [0, 0.1) is 0 Å². The van der Waals surface area contributed by atoms with Gasteiger partial charge in [0.25, 0.3) is 0 Å². The highest BCUT2D eigenvalue weighted by atomic mass is 16.4. The summed E-state index contributed by atoms with van der Waals surface area (Å²) in [4.78, 5) is 27.7. The number of Topliss-reactive ketones (excluding diaryl/α,β-unsaturated/α-hetero) is 1. The third-order valence-corrected chi connectivity index (χ3v) is 1.81. The highest BCUT2D eigenvalue weighted by Gasteiger charge is 2.08. The Morgan fingerprint density at radius 1 is 1.24 bits per heavy atom. The van der Waals surface area contributed by atoms with E-state index in [1.54, 1.807) is 49.1 Å². The molecular weight excluding hydrogens is 220 g/mol. The molecule has 0 atom stereocenters. The zero-order chi connectivity index (χ0) is 12.5. The Bertz CT molecular complexity index is 435. The van der Waals surface area contributed by atoms with Crippen LogP contribution >= 0.6 is 0 Å². The third-order valence-electron chi connectivity index (χ3n) is 1.81. The Balaban J connectivity index is 0.000000239. The van der Waals surface area contributed by atoms with E-state index in [2.05, 4.69) is 9.97 Å². The number of carboxylic acid groups (broad SMARTS) is 1. The summed E-state index contributed by atoms with van der Waals surface area (Å²) in [6, 6.07) is 8.39. The maximum absolute atomic E-state index is 11.1. The molecule has 2 N–H and O–H groups in total. The maximum atomic E-state index is 11.1. The predicted molar refractivity (Wildman–Crippen MR) is 61.6 cm³/mol. The predicted octanol–water partition coefficient (Wildman–Crippen LogP) is 1.75. The number of rotatable bonds is 3. The molecule has 1 aromatic carbocycles. The van der Waals surface area contributed by atoms with Crippen LogP contribution in [0.2, 0.25) is 0 Å². The van der Waals surface area contributed by atoms with Crippen LogP contribution in [0.4, 0.5) is 0 Å². The van der Waals surface area contributed by atoms with Crippen LogP contribution in [-0.4, -0.2) is 26.8 Å².